The number of hydrogen-bond acceptors (Lipinski definition) is 3. The molecule has 2 N–H and O–H groups in total. The summed E-state index contributed by atoms with van der Waals surface area (Å²) in [6.45, 7) is 0.606. The lowest BCUT2D eigenvalue weighted by Gasteiger charge is -2.06. The quantitative estimate of drug-likeness (QED) is 0.886. The second-order valence-corrected chi connectivity index (χ2v) is 5.09. The molecular formula is C11H9Br2N3O. The van der Waals surface area contributed by atoms with Gasteiger partial charge in [0.2, 0.25) is 0 Å². The second kappa shape index (κ2) is 5.46. The van der Waals surface area contributed by atoms with Crippen molar-refractivity contribution in [2.45, 2.75) is 6.54 Å². The number of rotatable bonds is 3. The highest BCUT2D eigenvalue weighted by molar-refractivity contribution is 9.10. The van der Waals surface area contributed by atoms with Gasteiger partial charge in [-0.25, -0.2) is 4.98 Å². The first kappa shape index (κ1) is 12.3. The van der Waals surface area contributed by atoms with Crippen molar-refractivity contribution in [2.24, 2.45) is 0 Å². The molecule has 0 aliphatic rings. The molecule has 0 radical (unpaired) electrons. The van der Waals surface area contributed by atoms with E-state index >= 15 is 0 Å². The monoisotopic (exact) mass is 357 g/mol. The van der Waals surface area contributed by atoms with Gasteiger partial charge >= 0.3 is 0 Å². The molecule has 17 heavy (non-hydrogen) atoms. The van der Waals surface area contributed by atoms with E-state index in [4.69, 9.17) is 0 Å². The largest absolute Gasteiger partial charge is 0.365 e. The van der Waals surface area contributed by atoms with Crippen LogP contribution in [-0.4, -0.2) is 9.97 Å². The molecule has 0 saturated heterocycles. The third-order valence-electron chi connectivity index (χ3n) is 2.15. The highest BCUT2D eigenvalue weighted by Crippen LogP contribution is 2.16. The summed E-state index contributed by atoms with van der Waals surface area (Å²) in [5, 5.41) is 3.10. The molecule has 0 aliphatic carbocycles. The molecule has 1 heterocycles. The molecule has 0 aliphatic heterocycles. The summed E-state index contributed by atoms with van der Waals surface area (Å²) in [5.41, 5.74) is 0.907. The van der Waals surface area contributed by atoms with Crippen LogP contribution in [0.1, 0.15) is 5.56 Å². The lowest BCUT2D eigenvalue weighted by atomic mass is 10.2. The highest BCUT2D eigenvalue weighted by atomic mass is 79.9. The lowest BCUT2D eigenvalue weighted by molar-refractivity contribution is 1.05. The van der Waals surface area contributed by atoms with Gasteiger partial charge < -0.3 is 10.3 Å². The maximum atomic E-state index is 11.3. The zero-order valence-corrected chi connectivity index (χ0v) is 11.9. The number of benzene rings is 1. The van der Waals surface area contributed by atoms with Gasteiger partial charge in [0.05, 0.1) is 6.33 Å². The smallest absolute Gasteiger partial charge is 0.267 e. The Morgan fingerprint density at radius 3 is 2.94 bits per heavy atom. The first-order chi connectivity index (χ1) is 8.16. The van der Waals surface area contributed by atoms with Crippen LogP contribution in [0.2, 0.25) is 0 Å². The van der Waals surface area contributed by atoms with Crippen molar-refractivity contribution >= 4 is 37.7 Å². The molecule has 88 valence electrons. The number of anilines is 1. The van der Waals surface area contributed by atoms with Crippen molar-refractivity contribution < 1.29 is 0 Å². The topological polar surface area (TPSA) is 57.8 Å². The summed E-state index contributed by atoms with van der Waals surface area (Å²) >= 11 is 6.60. The summed E-state index contributed by atoms with van der Waals surface area (Å²) < 4.78 is 1.43. The molecule has 6 heteroatoms. The summed E-state index contributed by atoms with van der Waals surface area (Å²) in [6, 6.07) is 7.93. The van der Waals surface area contributed by atoms with Crippen molar-refractivity contribution in [3.63, 3.8) is 0 Å². The maximum absolute atomic E-state index is 11.3. The predicted octanol–water partition coefficient (Wildman–Crippen LogP) is 2.91. The Morgan fingerprint density at radius 1 is 1.35 bits per heavy atom. The second-order valence-electron chi connectivity index (χ2n) is 3.38. The molecule has 0 unspecified atom stereocenters. The highest BCUT2D eigenvalue weighted by Gasteiger charge is 2.04. The Balaban J connectivity index is 2.13. The van der Waals surface area contributed by atoms with Crippen LogP contribution in [0.4, 0.5) is 5.82 Å². The van der Waals surface area contributed by atoms with E-state index < -0.39 is 0 Å². The van der Waals surface area contributed by atoms with Gasteiger partial charge in [-0.1, -0.05) is 28.1 Å². The van der Waals surface area contributed by atoms with Crippen molar-refractivity contribution in [2.75, 3.05) is 5.32 Å². The van der Waals surface area contributed by atoms with E-state index in [0.29, 0.717) is 16.8 Å². The van der Waals surface area contributed by atoms with Gasteiger partial charge in [0.15, 0.2) is 0 Å². The van der Waals surface area contributed by atoms with E-state index in [1.807, 2.05) is 24.3 Å². The fourth-order valence-electron chi connectivity index (χ4n) is 1.34. The summed E-state index contributed by atoms with van der Waals surface area (Å²) in [7, 11) is 0. The van der Waals surface area contributed by atoms with Gasteiger partial charge in [0, 0.05) is 11.0 Å². The SMILES string of the molecule is O=c1[nH]cnc(NCc2cccc(Br)c2)c1Br. The molecule has 2 rings (SSSR count). The summed E-state index contributed by atoms with van der Waals surface area (Å²) in [5.74, 6) is 0.536. The molecule has 0 bridgehead atoms. The first-order valence-corrected chi connectivity index (χ1v) is 6.47. The van der Waals surface area contributed by atoms with Crippen LogP contribution in [0.3, 0.4) is 0 Å². The zero-order chi connectivity index (χ0) is 12.3. The number of aromatic nitrogens is 2. The van der Waals surface area contributed by atoms with Crippen molar-refractivity contribution in [1.29, 1.82) is 0 Å². The Bertz CT molecular complexity index is 583. The molecule has 1 aromatic heterocycles. The Labute approximate surface area is 115 Å². The van der Waals surface area contributed by atoms with Gasteiger partial charge in [-0.3, -0.25) is 4.79 Å². The van der Waals surface area contributed by atoms with E-state index in [2.05, 4.69) is 47.1 Å². The average molecular weight is 359 g/mol. The van der Waals surface area contributed by atoms with Gasteiger partial charge in [-0.05, 0) is 33.6 Å². The molecule has 0 saturated carbocycles. The zero-order valence-electron chi connectivity index (χ0n) is 8.71. The Hall–Kier alpha value is -1.14. The molecule has 0 atom stereocenters. The van der Waals surface area contributed by atoms with Gasteiger partial charge in [-0.15, -0.1) is 0 Å². The predicted molar refractivity (Wildman–Crippen MR) is 74.0 cm³/mol. The van der Waals surface area contributed by atoms with Crippen molar-refractivity contribution in [3.8, 4) is 0 Å². The summed E-state index contributed by atoms with van der Waals surface area (Å²) in [4.78, 5) is 17.9. The van der Waals surface area contributed by atoms with Gasteiger partial charge in [-0.2, -0.15) is 0 Å². The molecule has 0 spiro atoms. The van der Waals surface area contributed by atoms with E-state index in [9.17, 15) is 4.79 Å². The van der Waals surface area contributed by atoms with E-state index in [-0.39, 0.29) is 5.56 Å². The Morgan fingerprint density at radius 2 is 2.18 bits per heavy atom. The standard InChI is InChI=1S/C11H9Br2N3O/c12-8-3-1-2-7(4-8)5-14-10-9(13)11(17)16-6-15-10/h1-4,6H,5H2,(H2,14,15,16,17). The maximum Gasteiger partial charge on any atom is 0.267 e. The average Bonchev–Trinajstić information content (AvgIpc) is 2.31. The van der Waals surface area contributed by atoms with Gasteiger partial charge in [0.1, 0.15) is 10.3 Å². The third kappa shape index (κ3) is 3.17. The fraction of sp³-hybridized carbons (Fsp3) is 0.0909. The minimum absolute atomic E-state index is 0.197. The van der Waals surface area contributed by atoms with Crippen LogP contribution in [0.15, 0.2) is 44.3 Å². The van der Waals surface area contributed by atoms with E-state index in [0.717, 1.165) is 10.0 Å². The molecule has 4 nitrogen and oxygen atoms in total. The van der Waals surface area contributed by atoms with Crippen LogP contribution in [-0.2, 0) is 6.54 Å². The van der Waals surface area contributed by atoms with E-state index in [1.54, 1.807) is 0 Å². The van der Waals surface area contributed by atoms with Gasteiger partial charge in [0.25, 0.3) is 5.56 Å². The number of hydrogen-bond donors (Lipinski definition) is 2. The molecule has 0 amide bonds. The van der Waals surface area contributed by atoms with Crippen LogP contribution in [0.5, 0.6) is 0 Å². The number of aromatic amines is 1. The minimum Gasteiger partial charge on any atom is -0.365 e. The minimum atomic E-state index is -0.197. The number of nitrogens with one attached hydrogen (secondary N) is 2. The molecule has 1 aromatic carbocycles. The van der Waals surface area contributed by atoms with Crippen LogP contribution in [0, 0.1) is 0 Å². The molecular weight excluding hydrogens is 350 g/mol. The number of nitrogens with zero attached hydrogens (tertiary/aromatic N) is 1. The fourth-order valence-corrected chi connectivity index (χ4v) is 2.14. The van der Waals surface area contributed by atoms with Crippen LogP contribution in [0.25, 0.3) is 0 Å². The number of halogens is 2. The van der Waals surface area contributed by atoms with Crippen molar-refractivity contribution in [3.05, 3.63) is 55.5 Å². The normalized spacial score (nSPS) is 10.2. The Kier molecular flexibility index (Phi) is 3.96. The van der Waals surface area contributed by atoms with Crippen LogP contribution < -0.4 is 10.9 Å². The van der Waals surface area contributed by atoms with E-state index in [1.165, 1.54) is 6.33 Å². The lowest BCUT2D eigenvalue weighted by Crippen LogP contribution is -2.12. The van der Waals surface area contributed by atoms with Crippen LogP contribution >= 0.6 is 31.9 Å². The molecule has 0 fully saturated rings. The third-order valence-corrected chi connectivity index (χ3v) is 3.37. The van der Waals surface area contributed by atoms with Crippen molar-refractivity contribution in [1.82, 2.24) is 9.97 Å². The number of H-pyrrole nitrogens is 1. The first-order valence-electron chi connectivity index (χ1n) is 4.88. The molecule has 2 aromatic rings. The summed E-state index contributed by atoms with van der Waals surface area (Å²) in [6.07, 6.45) is 1.37.